The molecule has 3 rings (SSSR count). The number of carbonyl (C=O) groups is 2. The van der Waals surface area contributed by atoms with Crippen molar-refractivity contribution < 1.29 is 14.7 Å². The molecule has 8 nitrogen and oxygen atoms in total. The second-order valence-corrected chi connectivity index (χ2v) is 6.15. The predicted octanol–water partition coefficient (Wildman–Crippen LogP) is 2.83. The lowest BCUT2D eigenvalue weighted by Gasteiger charge is -2.07. The summed E-state index contributed by atoms with van der Waals surface area (Å²) in [4.78, 5) is 23.5. The summed E-state index contributed by atoms with van der Waals surface area (Å²) < 4.78 is 3.00. The molecule has 0 saturated carbocycles. The van der Waals surface area contributed by atoms with Gasteiger partial charge in [-0.1, -0.05) is 11.6 Å². The van der Waals surface area contributed by atoms with Crippen LogP contribution in [-0.2, 0) is 7.05 Å². The summed E-state index contributed by atoms with van der Waals surface area (Å²) >= 11 is 6.16. The molecule has 0 aliphatic rings. The molecule has 2 heterocycles. The number of halogens is 1. The van der Waals surface area contributed by atoms with E-state index >= 15 is 0 Å². The van der Waals surface area contributed by atoms with Crippen molar-refractivity contribution in [3.05, 3.63) is 58.1 Å². The fourth-order valence-electron chi connectivity index (χ4n) is 2.56. The van der Waals surface area contributed by atoms with E-state index in [0.29, 0.717) is 10.7 Å². The number of carboxylic acid groups (broad SMARTS) is 1. The second kappa shape index (κ2) is 6.64. The molecule has 2 N–H and O–H groups in total. The highest BCUT2D eigenvalue weighted by atomic mass is 35.5. The molecule has 0 bridgehead atoms. The Bertz CT molecular complexity index is 1000. The van der Waals surface area contributed by atoms with Gasteiger partial charge in [0, 0.05) is 18.9 Å². The number of aromatic nitrogens is 4. The number of hydrogen-bond donors (Lipinski definition) is 2. The minimum atomic E-state index is -1.21. The zero-order valence-corrected chi connectivity index (χ0v) is 15.1. The third kappa shape index (κ3) is 3.18. The lowest BCUT2D eigenvalue weighted by atomic mass is 10.2. The molecule has 0 aliphatic heterocycles. The Labute approximate surface area is 154 Å². The van der Waals surface area contributed by atoms with Gasteiger partial charge in [0.2, 0.25) is 0 Å². The van der Waals surface area contributed by atoms with Gasteiger partial charge in [0.05, 0.1) is 22.1 Å². The zero-order chi connectivity index (χ0) is 19.0. The van der Waals surface area contributed by atoms with Crippen molar-refractivity contribution in [1.82, 2.24) is 19.6 Å². The molecule has 1 aromatic carbocycles. The number of nitrogens with one attached hydrogen (secondary N) is 1. The van der Waals surface area contributed by atoms with Crippen molar-refractivity contribution in [2.24, 2.45) is 7.05 Å². The van der Waals surface area contributed by atoms with Gasteiger partial charge in [-0.25, -0.2) is 9.48 Å². The van der Waals surface area contributed by atoms with Crippen LogP contribution in [0.25, 0.3) is 5.69 Å². The van der Waals surface area contributed by atoms with Crippen molar-refractivity contribution in [3.63, 3.8) is 0 Å². The van der Waals surface area contributed by atoms with Gasteiger partial charge in [-0.3, -0.25) is 9.48 Å². The summed E-state index contributed by atoms with van der Waals surface area (Å²) in [6.45, 7) is 3.69. The second-order valence-electron chi connectivity index (χ2n) is 5.77. The Morgan fingerprint density at radius 2 is 1.81 bits per heavy atom. The molecule has 2 aromatic heterocycles. The SMILES string of the molecule is Cc1nn(-c2ccc(NC(=O)c3nn(C)cc3C(=O)O)cc2)c(C)c1Cl. The first-order valence-electron chi connectivity index (χ1n) is 7.68. The van der Waals surface area contributed by atoms with Crippen molar-refractivity contribution in [2.45, 2.75) is 13.8 Å². The minimum absolute atomic E-state index is 0.144. The highest BCUT2D eigenvalue weighted by Crippen LogP contribution is 2.23. The van der Waals surface area contributed by atoms with E-state index in [1.165, 1.54) is 10.9 Å². The van der Waals surface area contributed by atoms with E-state index in [1.807, 2.05) is 13.8 Å². The minimum Gasteiger partial charge on any atom is -0.478 e. The molecule has 0 fully saturated rings. The number of carboxylic acids is 1. The molecule has 26 heavy (non-hydrogen) atoms. The van der Waals surface area contributed by atoms with Crippen LogP contribution in [0.15, 0.2) is 30.5 Å². The maximum absolute atomic E-state index is 12.3. The van der Waals surface area contributed by atoms with Crippen LogP contribution >= 0.6 is 11.6 Å². The first-order chi connectivity index (χ1) is 12.3. The Kier molecular flexibility index (Phi) is 4.52. The van der Waals surface area contributed by atoms with E-state index in [9.17, 15) is 9.59 Å². The van der Waals surface area contributed by atoms with Crippen LogP contribution in [0.3, 0.4) is 0 Å². The van der Waals surface area contributed by atoms with Gasteiger partial charge >= 0.3 is 5.97 Å². The number of carbonyl (C=O) groups excluding carboxylic acids is 1. The van der Waals surface area contributed by atoms with E-state index in [2.05, 4.69) is 15.5 Å². The molecule has 0 saturated heterocycles. The molecular weight excluding hydrogens is 358 g/mol. The number of amides is 1. The van der Waals surface area contributed by atoms with Crippen molar-refractivity contribution in [3.8, 4) is 5.69 Å². The van der Waals surface area contributed by atoms with Gasteiger partial charge in [0.1, 0.15) is 5.56 Å². The van der Waals surface area contributed by atoms with E-state index in [-0.39, 0.29) is 11.3 Å². The summed E-state index contributed by atoms with van der Waals surface area (Å²) in [5, 5.41) is 20.7. The zero-order valence-electron chi connectivity index (χ0n) is 14.3. The lowest BCUT2D eigenvalue weighted by molar-refractivity contribution is 0.0692. The lowest BCUT2D eigenvalue weighted by Crippen LogP contribution is -2.16. The van der Waals surface area contributed by atoms with Crippen molar-refractivity contribution >= 4 is 29.2 Å². The molecule has 9 heteroatoms. The molecule has 1 amide bonds. The van der Waals surface area contributed by atoms with Gasteiger partial charge in [0.15, 0.2) is 5.69 Å². The Morgan fingerprint density at radius 3 is 2.35 bits per heavy atom. The first kappa shape index (κ1) is 17.7. The summed E-state index contributed by atoms with van der Waals surface area (Å²) in [6, 6.07) is 6.95. The standard InChI is InChI=1S/C17H16ClN5O3/c1-9-14(18)10(2)23(20-9)12-6-4-11(5-7-12)19-16(24)15-13(17(25)26)8-22(3)21-15/h4-8H,1-3H3,(H,19,24)(H,25,26). The molecule has 134 valence electrons. The maximum Gasteiger partial charge on any atom is 0.339 e. The van der Waals surface area contributed by atoms with Gasteiger partial charge in [-0.05, 0) is 38.1 Å². The third-order valence-corrected chi connectivity index (χ3v) is 4.39. The first-order valence-corrected chi connectivity index (χ1v) is 8.06. The smallest absolute Gasteiger partial charge is 0.339 e. The summed E-state index contributed by atoms with van der Waals surface area (Å²) in [7, 11) is 1.55. The molecule has 0 unspecified atom stereocenters. The molecule has 3 aromatic rings. The van der Waals surface area contributed by atoms with Crippen LogP contribution in [0.1, 0.15) is 32.2 Å². The van der Waals surface area contributed by atoms with Crippen LogP contribution in [0.2, 0.25) is 5.02 Å². The number of hydrogen-bond acceptors (Lipinski definition) is 4. The fourth-order valence-corrected chi connectivity index (χ4v) is 2.68. The van der Waals surface area contributed by atoms with Gasteiger partial charge in [-0.2, -0.15) is 10.2 Å². The topological polar surface area (TPSA) is 102 Å². The van der Waals surface area contributed by atoms with Crippen LogP contribution in [-0.4, -0.2) is 36.5 Å². The summed E-state index contributed by atoms with van der Waals surface area (Å²) in [5.74, 6) is -1.80. The van der Waals surface area contributed by atoms with E-state index in [0.717, 1.165) is 17.1 Å². The predicted molar refractivity (Wildman–Crippen MR) is 96.2 cm³/mol. The molecule has 0 spiro atoms. The van der Waals surface area contributed by atoms with Gasteiger partial charge < -0.3 is 10.4 Å². The average Bonchev–Trinajstić information content (AvgIpc) is 3.11. The van der Waals surface area contributed by atoms with E-state index in [1.54, 1.807) is 36.0 Å². The Hall–Kier alpha value is -3.13. The third-order valence-electron chi connectivity index (χ3n) is 3.85. The van der Waals surface area contributed by atoms with Crippen LogP contribution in [0.5, 0.6) is 0 Å². The van der Waals surface area contributed by atoms with Crippen LogP contribution in [0.4, 0.5) is 5.69 Å². The number of anilines is 1. The molecule has 0 aliphatic carbocycles. The Balaban J connectivity index is 1.82. The van der Waals surface area contributed by atoms with E-state index < -0.39 is 11.9 Å². The van der Waals surface area contributed by atoms with Crippen molar-refractivity contribution in [2.75, 3.05) is 5.32 Å². The largest absolute Gasteiger partial charge is 0.478 e. The number of benzene rings is 1. The fraction of sp³-hybridized carbons (Fsp3) is 0.176. The normalized spacial score (nSPS) is 10.8. The maximum atomic E-state index is 12.3. The number of aryl methyl sites for hydroxylation is 2. The highest BCUT2D eigenvalue weighted by Gasteiger charge is 2.21. The molecular formula is C17H16ClN5O3. The number of nitrogens with zero attached hydrogens (tertiary/aromatic N) is 4. The quantitative estimate of drug-likeness (QED) is 0.732. The summed E-state index contributed by atoms with van der Waals surface area (Å²) in [6.07, 6.45) is 1.28. The Morgan fingerprint density at radius 1 is 1.15 bits per heavy atom. The number of aromatic carboxylic acids is 1. The van der Waals surface area contributed by atoms with Gasteiger partial charge in [-0.15, -0.1) is 0 Å². The van der Waals surface area contributed by atoms with Crippen LogP contribution < -0.4 is 5.32 Å². The van der Waals surface area contributed by atoms with Gasteiger partial charge in [0.25, 0.3) is 5.91 Å². The number of rotatable bonds is 4. The van der Waals surface area contributed by atoms with Crippen LogP contribution in [0, 0.1) is 13.8 Å². The summed E-state index contributed by atoms with van der Waals surface area (Å²) in [5.41, 5.74) is 2.56. The highest BCUT2D eigenvalue weighted by molar-refractivity contribution is 6.31. The molecule has 0 atom stereocenters. The molecule has 0 radical (unpaired) electrons. The van der Waals surface area contributed by atoms with E-state index in [4.69, 9.17) is 16.7 Å². The van der Waals surface area contributed by atoms with Crippen molar-refractivity contribution in [1.29, 1.82) is 0 Å². The monoisotopic (exact) mass is 373 g/mol. The average molecular weight is 374 g/mol.